The van der Waals surface area contributed by atoms with Crippen molar-refractivity contribution in [1.82, 2.24) is 24.7 Å². The van der Waals surface area contributed by atoms with Crippen LogP contribution in [0.15, 0.2) is 64.5 Å². The lowest BCUT2D eigenvalue weighted by atomic mass is 10.2. The van der Waals surface area contributed by atoms with Crippen LogP contribution in [0.3, 0.4) is 0 Å². The van der Waals surface area contributed by atoms with E-state index in [1.165, 1.54) is 30.5 Å². The quantitative estimate of drug-likeness (QED) is 0.277. The van der Waals surface area contributed by atoms with Gasteiger partial charge in [0.25, 0.3) is 11.5 Å². The average molecular weight is 453 g/mol. The lowest BCUT2D eigenvalue weighted by Crippen LogP contribution is -2.26. The first-order valence-corrected chi connectivity index (χ1v) is 11.0. The summed E-state index contributed by atoms with van der Waals surface area (Å²) < 4.78 is 27.6. The van der Waals surface area contributed by atoms with Gasteiger partial charge >= 0.3 is 0 Å². The molecular formula is C20H19N7O4S. The molecule has 0 radical (unpaired) electrons. The average Bonchev–Trinajstić information content (AvgIpc) is 3.17. The standard InChI is InChI=1S/C20H19N7O4S/c21-20-26-17-16(19(29)27-20)10-13(24-17)7-9-23-32(30,31)15-5-3-12(4-6-15)18(28)25-14-2-1-8-22-11-14/h1-6,8,10-11,23H,7,9H2,(H,25,28)(H4,21,24,26,27,29). The third-order valence-electron chi connectivity index (χ3n) is 4.60. The molecule has 0 spiro atoms. The van der Waals surface area contributed by atoms with E-state index in [-0.39, 0.29) is 28.9 Å². The Balaban J connectivity index is 1.38. The van der Waals surface area contributed by atoms with Crippen LogP contribution in [0.4, 0.5) is 11.6 Å². The molecule has 0 atom stereocenters. The number of aromatic amines is 2. The lowest BCUT2D eigenvalue weighted by molar-refractivity contribution is 0.102. The molecule has 3 aromatic heterocycles. The largest absolute Gasteiger partial charge is 0.369 e. The van der Waals surface area contributed by atoms with Crippen molar-refractivity contribution in [2.24, 2.45) is 0 Å². The van der Waals surface area contributed by atoms with E-state index < -0.39 is 10.0 Å². The highest BCUT2D eigenvalue weighted by molar-refractivity contribution is 7.89. The summed E-state index contributed by atoms with van der Waals surface area (Å²) in [4.78, 5) is 37.4. The van der Waals surface area contributed by atoms with Gasteiger partial charge in [-0.15, -0.1) is 0 Å². The summed E-state index contributed by atoms with van der Waals surface area (Å²) in [5, 5.41) is 3.02. The number of nitrogens with one attached hydrogen (secondary N) is 4. The first kappa shape index (κ1) is 21.2. The molecule has 4 rings (SSSR count). The zero-order valence-corrected chi connectivity index (χ0v) is 17.4. The van der Waals surface area contributed by atoms with Crippen molar-refractivity contribution in [3.8, 4) is 0 Å². The minimum absolute atomic E-state index is 0.00540. The number of nitrogens with two attached hydrogens (primary N) is 1. The summed E-state index contributed by atoms with van der Waals surface area (Å²) in [6.45, 7) is 0.0891. The van der Waals surface area contributed by atoms with Crippen LogP contribution in [0.2, 0.25) is 0 Å². The van der Waals surface area contributed by atoms with Crippen LogP contribution in [0, 0.1) is 0 Å². The van der Waals surface area contributed by atoms with Crippen molar-refractivity contribution in [3.63, 3.8) is 0 Å². The number of rotatable bonds is 7. The summed E-state index contributed by atoms with van der Waals surface area (Å²) in [6, 6.07) is 10.6. The number of hydrogen-bond acceptors (Lipinski definition) is 7. The Kier molecular flexibility index (Phi) is 5.71. The number of benzene rings is 1. The summed E-state index contributed by atoms with van der Waals surface area (Å²) >= 11 is 0. The van der Waals surface area contributed by atoms with E-state index in [0.29, 0.717) is 34.4 Å². The van der Waals surface area contributed by atoms with Gasteiger partial charge in [-0.3, -0.25) is 19.6 Å². The maximum atomic E-state index is 12.6. The number of carbonyl (C=O) groups is 1. The number of fused-ring (bicyclic) bond motifs is 1. The van der Waals surface area contributed by atoms with Gasteiger partial charge in [0.2, 0.25) is 16.0 Å². The van der Waals surface area contributed by atoms with Crippen molar-refractivity contribution >= 4 is 38.6 Å². The fraction of sp³-hybridized carbons (Fsp3) is 0.100. The van der Waals surface area contributed by atoms with Gasteiger partial charge in [-0.1, -0.05) is 0 Å². The predicted octanol–water partition coefficient (Wildman–Crippen LogP) is 1.00. The van der Waals surface area contributed by atoms with Crippen molar-refractivity contribution in [2.75, 3.05) is 17.6 Å². The van der Waals surface area contributed by atoms with Crippen LogP contribution in [-0.4, -0.2) is 40.8 Å². The highest BCUT2D eigenvalue weighted by Gasteiger charge is 2.15. The maximum Gasteiger partial charge on any atom is 0.261 e. The van der Waals surface area contributed by atoms with Crippen LogP contribution in [0.25, 0.3) is 11.0 Å². The van der Waals surface area contributed by atoms with Crippen molar-refractivity contribution < 1.29 is 13.2 Å². The fourth-order valence-electron chi connectivity index (χ4n) is 3.05. The van der Waals surface area contributed by atoms with E-state index in [1.807, 2.05) is 0 Å². The van der Waals surface area contributed by atoms with Crippen LogP contribution >= 0.6 is 0 Å². The summed E-state index contributed by atoms with van der Waals surface area (Å²) in [7, 11) is -3.79. The fourth-order valence-corrected chi connectivity index (χ4v) is 4.09. The summed E-state index contributed by atoms with van der Waals surface area (Å²) in [5.41, 5.74) is 6.96. The first-order chi connectivity index (χ1) is 15.3. The van der Waals surface area contributed by atoms with Gasteiger partial charge in [0, 0.05) is 30.4 Å². The number of pyridine rings is 1. The Labute approximate surface area is 182 Å². The molecule has 32 heavy (non-hydrogen) atoms. The van der Waals surface area contributed by atoms with Gasteiger partial charge < -0.3 is 16.0 Å². The Bertz CT molecular complexity index is 1430. The molecule has 4 aromatic rings. The van der Waals surface area contributed by atoms with Crippen molar-refractivity contribution in [1.29, 1.82) is 0 Å². The molecular weight excluding hydrogens is 434 g/mol. The highest BCUT2D eigenvalue weighted by atomic mass is 32.2. The molecule has 0 unspecified atom stereocenters. The minimum Gasteiger partial charge on any atom is -0.369 e. The topological polar surface area (TPSA) is 176 Å². The van der Waals surface area contributed by atoms with Crippen LogP contribution in [0.5, 0.6) is 0 Å². The summed E-state index contributed by atoms with van der Waals surface area (Å²) in [5.74, 6) is -0.382. The Hall–Kier alpha value is -4.03. The van der Waals surface area contributed by atoms with E-state index in [2.05, 4.69) is 30.0 Å². The van der Waals surface area contributed by atoms with Gasteiger partial charge in [-0.2, -0.15) is 4.98 Å². The third-order valence-corrected chi connectivity index (χ3v) is 6.08. The molecule has 0 saturated carbocycles. The molecule has 164 valence electrons. The molecule has 0 aliphatic rings. The Morgan fingerprint density at radius 3 is 2.62 bits per heavy atom. The van der Waals surface area contributed by atoms with Gasteiger partial charge in [0.05, 0.1) is 22.2 Å². The number of amides is 1. The molecule has 0 saturated heterocycles. The SMILES string of the molecule is Nc1nc2[nH]c(CCNS(=O)(=O)c3ccc(C(=O)Nc4cccnc4)cc3)cc2c(=O)[nH]1. The Morgan fingerprint density at radius 1 is 1.12 bits per heavy atom. The number of hydrogen-bond donors (Lipinski definition) is 5. The zero-order chi connectivity index (χ0) is 22.7. The molecule has 12 heteroatoms. The molecule has 11 nitrogen and oxygen atoms in total. The molecule has 0 aliphatic heterocycles. The molecule has 6 N–H and O–H groups in total. The third kappa shape index (κ3) is 4.66. The minimum atomic E-state index is -3.79. The lowest BCUT2D eigenvalue weighted by Gasteiger charge is -2.08. The van der Waals surface area contributed by atoms with Gasteiger partial charge in [-0.05, 0) is 42.5 Å². The van der Waals surface area contributed by atoms with E-state index >= 15 is 0 Å². The van der Waals surface area contributed by atoms with Gasteiger partial charge in [0.15, 0.2) is 0 Å². The molecule has 1 aromatic carbocycles. The molecule has 3 heterocycles. The van der Waals surface area contributed by atoms with E-state index in [9.17, 15) is 18.0 Å². The second kappa shape index (κ2) is 8.61. The van der Waals surface area contributed by atoms with E-state index in [4.69, 9.17) is 5.73 Å². The molecule has 0 aliphatic carbocycles. The molecule has 1 amide bonds. The highest BCUT2D eigenvalue weighted by Crippen LogP contribution is 2.14. The smallest absolute Gasteiger partial charge is 0.261 e. The normalized spacial score (nSPS) is 11.5. The number of sulfonamides is 1. The number of anilines is 2. The maximum absolute atomic E-state index is 12.6. The van der Waals surface area contributed by atoms with Crippen molar-refractivity contribution in [3.05, 3.63) is 76.5 Å². The number of nitrogen functional groups attached to an aromatic ring is 1. The number of aromatic nitrogens is 4. The van der Waals surface area contributed by atoms with Crippen molar-refractivity contribution in [2.45, 2.75) is 11.3 Å². The van der Waals surface area contributed by atoms with E-state index in [0.717, 1.165) is 0 Å². The second-order valence-electron chi connectivity index (χ2n) is 6.88. The second-order valence-corrected chi connectivity index (χ2v) is 8.64. The number of carbonyl (C=O) groups excluding carboxylic acids is 1. The van der Waals surface area contributed by atoms with E-state index in [1.54, 1.807) is 24.4 Å². The van der Waals surface area contributed by atoms with Gasteiger partial charge in [-0.25, -0.2) is 13.1 Å². The number of nitrogens with zero attached hydrogens (tertiary/aromatic N) is 2. The van der Waals surface area contributed by atoms with Crippen LogP contribution in [-0.2, 0) is 16.4 Å². The number of H-pyrrole nitrogens is 2. The predicted molar refractivity (Wildman–Crippen MR) is 119 cm³/mol. The van der Waals surface area contributed by atoms with Crippen LogP contribution < -0.4 is 21.3 Å². The van der Waals surface area contributed by atoms with Gasteiger partial charge in [0.1, 0.15) is 5.65 Å². The zero-order valence-electron chi connectivity index (χ0n) is 16.6. The molecule has 0 bridgehead atoms. The molecule has 0 fully saturated rings. The Morgan fingerprint density at radius 2 is 1.91 bits per heavy atom. The first-order valence-electron chi connectivity index (χ1n) is 9.50. The van der Waals surface area contributed by atoms with Crippen LogP contribution in [0.1, 0.15) is 16.1 Å². The summed E-state index contributed by atoms with van der Waals surface area (Å²) in [6.07, 6.45) is 3.41. The monoisotopic (exact) mass is 453 g/mol.